The zero-order valence-corrected chi connectivity index (χ0v) is 18.2. The van der Waals surface area contributed by atoms with Gasteiger partial charge in [-0.2, -0.15) is 22.0 Å². The Morgan fingerprint density at radius 2 is 1.73 bits per heavy atom. The first kappa shape index (κ1) is 24.8. The number of alkyl halides is 5. The molecule has 1 aliphatic rings. The van der Waals surface area contributed by atoms with Crippen LogP contribution in [0.25, 0.3) is 0 Å². The van der Waals surface area contributed by atoms with Crippen LogP contribution >= 0.6 is 0 Å². The largest absolute Gasteiger partial charge is 0.465 e. The van der Waals surface area contributed by atoms with Gasteiger partial charge in [-0.25, -0.2) is 4.79 Å². The molecule has 10 heteroatoms. The molecule has 5 nitrogen and oxygen atoms in total. The predicted octanol–water partition coefficient (Wildman–Crippen LogP) is 5.21. The van der Waals surface area contributed by atoms with Gasteiger partial charge >= 0.3 is 18.8 Å². The van der Waals surface area contributed by atoms with Gasteiger partial charge in [-0.15, -0.1) is 0 Å². The summed E-state index contributed by atoms with van der Waals surface area (Å²) in [6.45, 7) is -2.62. The standard InChI is InChI=1S/C23H25F5N2O3/c1-29(17-9-5-16(6-10-17)23(26,27)28)19-11-12-20(14-33-22(24)25)30(13-19)18-7-3-15(4-8-18)21(31)32-2/h3-10,19-20,22H,11-14H2,1-2H3/t19-,20+/m1/s1. The highest BCUT2D eigenvalue weighted by Crippen LogP contribution is 2.33. The molecular formula is C23H25F5N2O3. The number of carbonyl (C=O) groups excluding carboxylic acids is 1. The summed E-state index contributed by atoms with van der Waals surface area (Å²) in [7, 11) is 3.07. The molecule has 0 aromatic heterocycles. The molecule has 0 spiro atoms. The van der Waals surface area contributed by atoms with Crippen LogP contribution in [0.5, 0.6) is 0 Å². The fourth-order valence-corrected chi connectivity index (χ4v) is 4.00. The van der Waals surface area contributed by atoms with Crippen molar-refractivity contribution >= 4 is 17.3 Å². The number of benzene rings is 2. The summed E-state index contributed by atoms with van der Waals surface area (Å²) in [5.74, 6) is -0.488. The van der Waals surface area contributed by atoms with Crippen LogP contribution in [0, 0.1) is 0 Å². The molecule has 0 radical (unpaired) electrons. The number of methoxy groups -OCH3 is 1. The maximum atomic E-state index is 12.9. The van der Waals surface area contributed by atoms with Crippen LogP contribution in [-0.4, -0.2) is 52.0 Å². The molecule has 1 fully saturated rings. The molecule has 33 heavy (non-hydrogen) atoms. The Morgan fingerprint density at radius 1 is 1.09 bits per heavy atom. The van der Waals surface area contributed by atoms with Gasteiger partial charge < -0.3 is 19.3 Å². The second-order valence-electron chi connectivity index (χ2n) is 7.83. The van der Waals surface area contributed by atoms with Gasteiger partial charge in [0.25, 0.3) is 0 Å². The Kier molecular flexibility index (Phi) is 7.78. The third kappa shape index (κ3) is 6.13. The molecule has 0 saturated carbocycles. The highest BCUT2D eigenvalue weighted by molar-refractivity contribution is 5.89. The number of nitrogens with zero attached hydrogens (tertiary/aromatic N) is 2. The molecule has 1 saturated heterocycles. The highest BCUT2D eigenvalue weighted by Gasteiger charge is 2.33. The lowest BCUT2D eigenvalue weighted by atomic mass is 9.96. The lowest BCUT2D eigenvalue weighted by molar-refractivity contribution is -0.137. The van der Waals surface area contributed by atoms with Crippen molar-refractivity contribution in [1.82, 2.24) is 0 Å². The summed E-state index contributed by atoms with van der Waals surface area (Å²) in [4.78, 5) is 15.5. The summed E-state index contributed by atoms with van der Waals surface area (Å²) < 4.78 is 73.2. The van der Waals surface area contributed by atoms with E-state index in [9.17, 15) is 26.7 Å². The average Bonchev–Trinajstić information content (AvgIpc) is 2.81. The number of halogens is 5. The SMILES string of the molecule is COC(=O)c1ccc(N2C[C@H](N(C)c3ccc(C(F)(F)F)cc3)CC[C@H]2COC(F)F)cc1. The van der Waals surface area contributed by atoms with Crippen molar-refractivity contribution in [3.63, 3.8) is 0 Å². The first-order valence-electron chi connectivity index (χ1n) is 10.3. The van der Waals surface area contributed by atoms with Crippen LogP contribution in [0.4, 0.5) is 33.3 Å². The first-order valence-corrected chi connectivity index (χ1v) is 10.3. The van der Waals surface area contributed by atoms with E-state index >= 15 is 0 Å². The molecule has 3 rings (SSSR count). The molecule has 2 aromatic rings. The Bertz CT molecular complexity index is 919. The van der Waals surface area contributed by atoms with Gasteiger partial charge in [0.2, 0.25) is 0 Å². The van der Waals surface area contributed by atoms with Crippen molar-refractivity contribution in [1.29, 1.82) is 0 Å². The molecule has 1 aliphatic heterocycles. The number of piperidine rings is 1. The highest BCUT2D eigenvalue weighted by atomic mass is 19.4. The number of hydrogen-bond acceptors (Lipinski definition) is 5. The lowest BCUT2D eigenvalue weighted by Crippen LogP contribution is -2.53. The molecule has 1 heterocycles. The number of likely N-dealkylation sites (N-methyl/N-ethyl adjacent to an activating group) is 1. The monoisotopic (exact) mass is 472 g/mol. The summed E-state index contributed by atoms with van der Waals surface area (Å²) in [6.07, 6.45) is -3.22. The minimum Gasteiger partial charge on any atom is -0.465 e. The van der Waals surface area contributed by atoms with E-state index in [1.165, 1.54) is 19.2 Å². The topological polar surface area (TPSA) is 42.0 Å². The smallest absolute Gasteiger partial charge is 0.416 e. The number of anilines is 2. The van der Waals surface area contributed by atoms with E-state index in [1.807, 2.05) is 9.80 Å². The zero-order chi connectivity index (χ0) is 24.2. The molecule has 2 aromatic carbocycles. The van der Waals surface area contributed by atoms with Crippen molar-refractivity contribution in [2.45, 2.75) is 37.7 Å². The van der Waals surface area contributed by atoms with Crippen LogP contribution in [0.3, 0.4) is 0 Å². The lowest BCUT2D eigenvalue weighted by Gasteiger charge is -2.44. The van der Waals surface area contributed by atoms with E-state index in [0.29, 0.717) is 30.6 Å². The normalized spacial score (nSPS) is 19.0. The molecule has 0 bridgehead atoms. The number of ether oxygens (including phenoxy) is 2. The second kappa shape index (κ2) is 10.4. The quantitative estimate of drug-likeness (QED) is 0.409. The van der Waals surface area contributed by atoms with Crippen molar-refractivity contribution in [2.75, 3.05) is 37.1 Å². The van der Waals surface area contributed by atoms with E-state index in [-0.39, 0.29) is 18.7 Å². The third-order valence-corrected chi connectivity index (χ3v) is 5.87. The van der Waals surface area contributed by atoms with Crippen LogP contribution in [0.1, 0.15) is 28.8 Å². The average molecular weight is 472 g/mol. The van der Waals surface area contributed by atoms with Crippen molar-refractivity contribution in [3.8, 4) is 0 Å². The zero-order valence-electron chi connectivity index (χ0n) is 18.2. The van der Waals surface area contributed by atoms with Crippen molar-refractivity contribution < 1.29 is 36.2 Å². The Hall–Kier alpha value is -2.88. The summed E-state index contributed by atoms with van der Waals surface area (Å²) in [5.41, 5.74) is 0.976. The van der Waals surface area contributed by atoms with Gasteiger partial charge in [0.1, 0.15) is 0 Å². The van der Waals surface area contributed by atoms with Crippen molar-refractivity contribution in [3.05, 3.63) is 59.7 Å². The second-order valence-corrected chi connectivity index (χ2v) is 7.83. The van der Waals surface area contributed by atoms with Crippen molar-refractivity contribution in [2.24, 2.45) is 0 Å². The maximum absolute atomic E-state index is 12.9. The van der Waals surface area contributed by atoms with Gasteiger partial charge in [-0.3, -0.25) is 0 Å². The first-order chi connectivity index (χ1) is 15.6. The maximum Gasteiger partial charge on any atom is 0.416 e. The van der Waals surface area contributed by atoms with E-state index < -0.39 is 24.3 Å². The van der Waals surface area contributed by atoms with E-state index in [4.69, 9.17) is 4.74 Å². The van der Waals surface area contributed by atoms with Crippen LogP contribution < -0.4 is 9.80 Å². The molecule has 0 amide bonds. The fourth-order valence-electron chi connectivity index (χ4n) is 4.00. The minimum absolute atomic E-state index is 0.0789. The Labute approximate surface area is 188 Å². The molecule has 2 atom stereocenters. The van der Waals surface area contributed by atoms with Gasteiger partial charge in [-0.05, 0) is 61.4 Å². The summed E-state index contributed by atoms with van der Waals surface area (Å²) >= 11 is 0. The molecular weight excluding hydrogens is 447 g/mol. The number of carbonyl (C=O) groups is 1. The predicted molar refractivity (Wildman–Crippen MR) is 114 cm³/mol. The third-order valence-electron chi connectivity index (χ3n) is 5.87. The van der Waals surface area contributed by atoms with E-state index in [1.54, 1.807) is 31.3 Å². The van der Waals surface area contributed by atoms with Crippen LogP contribution in [0.2, 0.25) is 0 Å². The van der Waals surface area contributed by atoms with E-state index in [2.05, 4.69) is 4.74 Å². The number of rotatable bonds is 7. The van der Waals surface area contributed by atoms with E-state index in [0.717, 1.165) is 17.8 Å². The molecule has 0 aliphatic carbocycles. The van der Waals surface area contributed by atoms with Gasteiger partial charge in [0.15, 0.2) is 0 Å². The van der Waals surface area contributed by atoms with Crippen LogP contribution in [0.15, 0.2) is 48.5 Å². The summed E-state index contributed by atoms with van der Waals surface area (Å²) in [5, 5.41) is 0. The fraction of sp³-hybridized carbons (Fsp3) is 0.435. The Balaban J connectivity index is 1.80. The molecule has 180 valence electrons. The van der Waals surface area contributed by atoms with Gasteiger partial charge in [0.05, 0.1) is 30.9 Å². The molecule has 0 N–H and O–H groups in total. The Morgan fingerprint density at radius 3 is 2.27 bits per heavy atom. The van der Waals surface area contributed by atoms with Gasteiger partial charge in [0, 0.05) is 31.0 Å². The summed E-state index contributed by atoms with van der Waals surface area (Å²) in [6, 6.07) is 11.1. The molecule has 0 unspecified atom stereocenters. The van der Waals surface area contributed by atoms with Gasteiger partial charge in [-0.1, -0.05) is 0 Å². The number of hydrogen-bond donors (Lipinski definition) is 0. The number of esters is 1. The van der Waals surface area contributed by atoms with Crippen LogP contribution in [-0.2, 0) is 15.7 Å². The minimum atomic E-state index is -4.41.